The molecule has 0 bridgehead atoms. The lowest BCUT2D eigenvalue weighted by atomic mass is 9.88. The van der Waals surface area contributed by atoms with Gasteiger partial charge < -0.3 is 15.1 Å². The van der Waals surface area contributed by atoms with Crippen LogP contribution in [-0.2, 0) is 29.1 Å². The van der Waals surface area contributed by atoms with Crippen LogP contribution >= 0.6 is 0 Å². The van der Waals surface area contributed by atoms with Crippen molar-refractivity contribution in [1.82, 2.24) is 9.80 Å². The summed E-state index contributed by atoms with van der Waals surface area (Å²) < 4.78 is 0. The minimum atomic E-state index is -0.363. The summed E-state index contributed by atoms with van der Waals surface area (Å²) in [6.07, 6.45) is 6.17. The zero-order valence-electron chi connectivity index (χ0n) is 18.2. The van der Waals surface area contributed by atoms with Crippen LogP contribution < -0.4 is 5.32 Å². The highest BCUT2D eigenvalue weighted by molar-refractivity contribution is 5.95. The zero-order chi connectivity index (χ0) is 22.1. The van der Waals surface area contributed by atoms with Crippen molar-refractivity contribution in [2.24, 2.45) is 0 Å². The number of amides is 2. The van der Waals surface area contributed by atoms with Gasteiger partial charge in [0.15, 0.2) is 0 Å². The van der Waals surface area contributed by atoms with E-state index in [2.05, 4.69) is 23.5 Å². The number of carbonyl (C=O) groups excluding carboxylic acids is 2. The van der Waals surface area contributed by atoms with Crippen LogP contribution in [0.25, 0.3) is 0 Å². The molecule has 1 saturated heterocycles. The van der Waals surface area contributed by atoms with Crippen LogP contribution in [0.15, 0.2) is 42.5 Å². The number of hydrogen-bond acceptors (Lipinski definition) is 4. The minimum Gasteiger partial charge on any atom is -0.381 e. The Morgan fingerprint density at radius 1 is 0.969 bits per heavy atom. The van der Waals surface area contributed by atoms with E-state index >= 15 is 0 Å². The molecule has 6 nitrogen and oxygen atoms in total. The predicted molar refractivity (Wildman–Crippen MR) is 122 cm³/mol. The standard InChI is InChI=1S/C26H28N4O2/c27-14-18-5-4-6-19(11-18)15-28-22-10-9-20-13-24-26(32)29(23-7-2-1-3-8-23)17-25(31)30(24)16-21(20)12-22/h4-6,9-12,23-24,28H,1-3,7-8,13,15-17H2/t24-/m1/s1. The zero-order valence-corrected chi connectivity index (χ0v) is 18.2. The fourth-order valence-corrected chi connectivity index (χ4v) is 5.34. The van der Waals surface area contributed by atoms with E-state index in [1.54, 1.807) is 11.0 Å². The number of piperazine rings is 1. The molecule has 0 aromatic heterocycles. The number of rotatable bonds is 4. The molecule has 2 amide bonds. The molecular weight excluding hydrogens is 400 g/mol. The number of carbonyl (C=O) groups is 2. The van der Waals surface area contributed by atoms with Gasteiger partial charge >= 0.3 is 0 Å². The van der Waals surface area contributed by atoms with Gasteiger partial charge in [-0.15, -0.1) is 0 Å². The van der Waals surface area contributed by atoms with E-state index in [-0.39, 0.29) is 30.4 Å². The molecule has 2 aromatic carbocycles. The first-order valence-electron chi connectivity index (χ1n) is 11.6. The second-order valence-electron chi connectivity index (χ2n) is 9.15. The Bertz CT molecular complexity index is 1080. The molecule has 3 aliphatic rings. The van der Waals surface area contributed by atoms with E-state index in [0.717, 1.165) is 48.1 Å². The molecule has 32 heavy (non-hydrogen) atoms. The molecule has 1 N–H and O–H groups in total. The summed E-state index contributed by atoms with van der Waals surface area (Å²) in [4.78, 5) is 29.9. The molecule has 0 radical (unpaired) electrons. The summed E-state index contributed by atoms with van der Waals surface area (Å²) in [5.41, 5.74) is 4.92. The van der Waals surface area contributed by atoms with Crippen molar-refractivity contribution in [2.75, 3.05) is 11.9 Å². The summed E-state index contributed by atoms with van der Waals surface area (Å²) in [5, 5.41) is 12.5. The lowest BCUT2D eigenvalue weighted by molar-refractivity contribution is -0.160. The Morgan fingerprint density at radius 3 is 2.62 bits per heavy atom. The van der Waals surface area contributed by atoms with Gasteiger partial charge in [0.05, 0.1) is 11.6 Å². The smallest absolute Gasteiger partial charge is 0.246 e. The fourth-order valence-electron chi connectivity index (χ4n) is 5.34. The molecule has 1 saturated carbocycles. The highest BCUT2D eigenvalue weighted by Crippen LogP contribution is 2.32. The number of hydrogen-bond donors (Lipinski definition) is 1. The maximum absolute atomic E-state index is 13.3. The van der Waals surface area contributed by atoms with Crippen molar-refractivity contribution in [2.45, 2.75) is 63.7 Å². The molecule has 2 aliphatic heterocycles. The van der Waals surface area contributed by atoms with Gasteiger partial charge in [0.25, 0.3) is 0 Å². The summed E-state index contributed by atoms with van der Waals surface area (Å²) in [6.45, 7) is 1.33. The maximum Gasteiger partial charge on any atom is 0.246 e. The van der Waals surface area contributed by atoms with Crippen LogP contribution in [0.3, 0.4) is 0 Å². The molecule has 2 aromatic rings. The van der Waals surface area contributed by atoms with Gasteiger partial charge in [-0.3, -0.25) is 9.59 Å². The first kappa shape index (κ1) is 20.6. The third kappa shape index (κ3) is 3.95. The van der Waals surface area contributed by atoms with Crippen molar-refractivity contribution >= 4 is 17.5 Å². The first-order valence-corrected chi connectivity index (χ1v) is 11.6. The van der Waals surface area contributed by atoms with E-state index in [0.29, 0.717) is 25.1 Å². The first-order chi connectivity index (χ1) is 15.6. The monoisotopic (exact) mass is 428 g/mol. The number of nitriles is 1. The van der Waals surface area contributed by atoms with Gasteiger partial charge in [0, 0.05) is 31.2 Å². The van der Waals surface area contributed by atoms with Gasteiger partial charge in [-0.25, -0.2) is 0 Å². The summed E-state index contributed by atoms with van der Waals surface area (Å²) >= 11 is 0. The summed E-state index contributed by atoms with van der Waals surface area (Å²) in [7, 11) is 0. The minimum absolute atomic E-state index is 0.0671. The Morgan fingerprint density at radius 2 is 1.81 bits per heavy atom. The molecule has 0 spiro atoms. The van der Waals surface area contributed by atoms with Crippen molar-refractivity contribution in [3.63, 3.8) is 0 Å². The topological polar surface area (TPSA) is 76.4 Å². The van der Waals surface area contributed by atoms with Gasteiger partial charge in [-0.2, -0.15) is 5.26 Å². The van der Waals surface area contributed by atoms with Crippen LogP contribution in [0.5, 0.6) is 0 Å². The van der Waals surface area contributed by atoms with Crippen molar-refractivity contribution in [3.8, 4) is 6.07 Å². The van der Waals surface area contributed by atoms with Crippen LogP contribution in [0.1, 0.15) is 54.4 Å². The third-order valence-corrected chi connectivity index (χ3v) is 7.10. The fraction of sp³-hybridized carbons (Fsp3) is 0.423. The van der Waals surface area contributed by atoms with Crippen molar-refractivity contribution in [3.05, 3.63) is 64.7 Å². The Hall–Kier alpha value is -3.33. The van der Waals surface area contributed by atoms with Crippen LogP contribution in [-0.4, -0.2) is 40.2 Å². The lowest BCUT2D eigenvalue weighted by Crippen LogP contribution is -2.63. The molecule has 2 fully saturated rings. The number of nitrogens with one attached hydrogen (secondary N) is 1. The van der Waals surface area contributed by atoms with E-state index in [4.69, 9.17) is 5.26 Å². The van der Waals surface area contributed by atoms with Gasteiger partial charge in [-0.05, 0) is 53.8 Å². The SMILES string of the molecule is N#Cc1cccc(CNc2ccc3c(c2)CN2C(=O)CN(C4CCCCC4)C(=O)[C@H]2C3)c1. The van der Waals surface area contributed by atoms with Crippen molar-refractivity contribution < 1.29 is 9.59 Å². The summed E-state index contributed by atoms with van der Waals surface area (Å²) in [6, 6.07) is 15.8. The van der Waals surface area contributed by atoms with Crippen LogP contribution in [0.2, 0.25) is 0 Å². The predicted octanol–water partition coefficient (Wildman–Crippen LogP) is 3.60. The van der Waals surface area contributed by atoms with E-state index in [1.165, 1.54) is 6.42 Å². The second-order valence-corrected chi connectivity index (χ2v) is 9.15. The van der Waals surface area contributed by atoms with Gasteiger partial charge in [0.2, 0.25) is 11.8 Å². The lowest BCUT2D eigenvalue weighted by Gasteiger charge is -2.46. The number of anilines is 1. The van der Waals surface area contributed by atoms with E-state index in [1.807, 2.05) is 29.2 Å². The van der Waals surface area contributed by atoms with Crippen LogP contribution in [0.4, 0.5) is 5.69 Å². The van der Waals surface area contributed by atoms with Gasteiger partial charge in [-0.1, -0.05) is 37.5 Å². The number of nitrogens with zero attached hydrogens (tertiary/aromatic N) is 3. The third-order valence-electron chi connectivity index (χ3n) is 7.10. The molecule has 1 atom stereocenters. The quantitative estimate of drug-likeness (QED) is 0.807. The molecule has 0 unspecified atom stereocenters. The molecule has 1 aliphatic carbocycles. The highest BCUT2D eigenvalue weighted by atomic mass is 16.2. The molecule has 5 rings (SSSR count). The molecule has 164 valence electrons. The highest BCUT2D eigenvalue weighted by Gasteiger charge is 2.44. The average Bonchev–Trinajstić information content (AvgIpc) is 2.84. The molecule has 6 heteroatoms. The second kappa shape index (κ2) is 8.66. The maximum atomic E-state index is 13.3. The Labute approximate surface area is 188 Å². The van der Waals surface area contributed by atoms with E-state index < -0.39 is 0 Å². The Kier molecular flexibility index (Phi) is 5.57. The largest absolute Gasteiger partial charge is 0.381 e. The summed E-state index contributed by atoms with van der Waals surface area (Å²) in [5.74, 6) is 0.194. The normalized spacial score (nSPS) is 21.0. The number of fused-ring (bicyclic) bond motifs is 2. The van der Waals surface area contributed by atoms with Gasteiger partial charge in [0.1, 0.15) is 12.6 Å². The number of benzene rings is 2. The molecule has 2 heterocycles. The van der Waals surface area contributed by atoms with Crippen molar-refractivity contribution in [1.29, 1.82) is 5.26 Å². The molecular formula is C26H28N4O2. The van der Waals surface area contributed by atoms with Crippen LogP contribution in [0, 0.1) is 11.3 Å². The Balaban J connectivity index is 1.30. The van der Waals surface area contributed by atoms with E-state index in [9.17, 15) is 9.59 Å². The average molecular weight is 429 g/mol.